The highest BCUT2D eigenvalue weighted by Gasteiger charge is 2.20. The molecule has 2 aromatic carbocycles. The van der Waals surface area contributed by atoms with Crippen LogP contribution in [0.4, 0.5) is 0 Å². The summed E-state index contributed by atoms with van der Waals surface area (Å²) in [5.41, 5.74) is 2.23. The van der Waals surface area contributed by atoms with Crippen molar-refractivity contribution >= 4 is 0 Å². The summed E-state index contributed by atoms with van der Waals surface area (Å²) >= 11 is 0. The normalized spacial score (nSPS) is 10.6. The van der Waals surface area contributed by atoms with Gasteiger partial charge in [-0.15, -0.1) is 0 Å². The molecule has 3 rings (SSSR count). The van der Waals surface area contributed by atoms with E-state index in [2.05, 4.69) is 0 Å². The van der Waals surface area contributed by atoms with E-state index in [4.69, 9.17) is 4.74 Å². The van der Waals surface area contributed by atoms with E-state index in [1.807, 2.05) is 72.3 Å². The zero-order valence-electron chi connectivity index (χ0n) is 12.7. The van der Waals surface area contributed by atoms with Crippen molar-refractivity contribution < 1.29 is 4.74 Å². The summed E-state index contributed by atoms with van der Waals surface area (Å²) in [5.74, 6) is 0.586. The van der Waals surface area contributed by atoms with E-state index in [9.17, 15) is 4.79 Å². The van der Waals surface area contributed by atoms with Gasteiger partial charge in [0.1, 0.15) is 0 Å². The molecule has 0 atom stereocenters. The first-order chi connectivity index (χ1) is 10.7. The third kappa shape index (κ3) is 2.33. The maximum Gasteiger partial charge on any atom is 0.278 e. The predicted molar refractivity (Wildman–Crippen MR) is 87.3 cm³/mol. The zero-order valence-corrected chi connectivity index (χ0v) is 12.7. The second-order valence-electron chi connectivity index (χ2n) is 4.96. The molecule has 0 aliphatic heterocycles. The third-order valence-corrected chi connectivity index (χ3v) is 3.51. The minimum atomic E-state index is -0.0708. The van der Waals surface area contributed by atoms with Gasteiger partial charge in [0.25, 0.3) is 5.56 Å². The second kappa shape index (κ2) is 5.93. The van der Waals surface area contributed by atoms with Crippen molar-refractivity contribution in [2.24, 2.45) is 0 Å². The fourth-order valence-corrected chi connectivity index (χ4v) is 2.50. The minimum absolute atomic E-state index is 0.0708. The van der Waals surface area contributed by atoms with Crippen LogP contribution in [0.3, 0.4) is 0 Å². The molecule has 0 bridgehead atoms. The second-order valence-corrected chi connectivity index (χ2v) is 4.96. The highest BCUT2D eigenvalue weighted by molar-refractivity contribution is 5.43. The molecule has 4 heteroatoms. The highest BCUT2D eigenvalue weighted by atomic mass is 16.5. The summed E-state index contributed by atoms with van der Waals surface area (Å²) < 4.78 is 9.23. The van der Waals surface area contributed by atoms with Gasteiger partial charge < -0.3 is 4.74 Å². The highest BCUT2D eigenvalue weighted by Crippen LogP contribution is 2.23. The van der Waals surface area contributed by atoms with Gasteiger partial charge in [-0.2, -0.15) is 0 Å². The Morgan fingerprint density at radius 2 is 1.36 bits per heavy atom. The quantitative estimate of drug-likeness (QED) is 0.740. The van der Waals surface area contributed by atoms with Crippen molar-refractivity contribution in [2.45, 2.75) is 13.8 Å². The first kappa shape index (κ1) is 14.2. The van der Waals surface area contributed by atoms with Gasteiger partial charge in [-0.25, -0.2) is 9.36 Å². The van der Waals surface area contributed by atoms with Crippen molar-refractivity contribution in [3.8, 4) is 17.3 Å². The van der Waals surface area contributed by atoms with Gasteiger partial charge in [-0.3, -0.25) is 4.79 Å². The number of rotatable bonds is 4. The molecule has 0 aliphatic carbocycles. The monoisotopic (exact) mass is 294 g/mol. The molecule has 0 amide bonds. The number of benzene rings is 2. The Labute approximate surface area is 129 Å². The molecule has 4 nitrogen and oxygen atoms in total. The Bertz CT molecular complexity index is 818. The lowest BCUT2D eigenvalue weighted by molar-refractivity contribution is 0.311. The van der Waals surface area contributed by atoms with E-state index < -0.39 is 0 Å². The van der Waals surface area contributed by atoms with Gasteiger partial charge >= 0.3 is 0 Å². The molecule has 0 unspecified atom stereocenters. The van der Waals surface area contributed by atoms with Crippen LogP contribution in [0.1, 0.15) is 12.5 Å². The van der Waals surface area contributed by atoms with Crippen LogP contribution in [-0.4, -0.2) is 16.0 Å². The van der Waals surface area contributed by atoms with Gasteiger partial charge in [-0.05, 0) is 38.1 Å². The summed E-state index contributed by atoms with van der Waals surface area (Å²) in [6.45, 7) is 4.22. The van der Waals surface area contributed by atoms with E-state index in [1.54, 1.807) is 11.6 Å². The summed E-state index contributed by atoms with van der Waals surface area (Å²) in [6.07, 6.45) is 0. The number of ether oxygens (including phenoxy) is 1. The number of para-hydroxylation sites is 2. The summed E-state index contributed by atoms with van der Waals surface area (Å²) in [6, 6.07) is 19.3. The molecule has 0 N–H and O–H groups in total. The average Bonchev–Trinajstić information content (AvgIpc) is 2.82. The molecule has 22 heavy (non-hydrogen) atoms. The average molecular weight is 294 g/mol. The summed E-state index contributed by atoms with van der Waals surface area (Å²) in [4.78, 5) is 12.7. The molecule has 0 aliphatic rings. The van der Waals surface area contributed by atoms with Crippen molar-refractivity contribution in [2.75, 3.05) is 6.61 Å². The standard InChI is InChI=1S/C18H18N2O2/c1-3-22-18-14(2)17(21)19(15-10-6-4-7-11-15)20(18)16-12-8-5-9-13-16/h4-13H,3H2,1-2H3. The van der Waals surface area contributed by atoms with Crippen LogP contribution in [0.25, 0.3) is 11.4 Å². The van der Waals surface area contributed by atoms with Crippen molar-refractivity contribution in [3.63, 3.8) is 0 Å². The summed E-state index contributed by atoms with van der Waals surface area (Å²) in [7, 11) is 0. The molecule has 0 spiro atoms. The Kier molecular flexibility index (Phi) is 3.83. The van der Waals surface area contributed by atoms with E-state index >= 15 is 0 Å². The Morgan fingerprint density at radius 1 is 0.864 bits per heavy atom. The Balaban J connectivity index is 2.34. The van der Waals surface area contributed by atoms with Crippen molar-refractivity contribution in [3.05, 3.63) is 76.6 Å². The molecule has 0 fully saturated rings. The van der Waals surface area contributed by atoms with Crippen LogP contribution >= 0.6 is 0 Å². The smallest absolute Gasteiger partial charge is 0.278 e. The van der Waals surface area contributed by atoms with Crippen LogP contribution in [0.2, 0.25) is 0 Å². The van der Waals surface area contributed by atoms with E-state index in [1.165, 1.54) is 0 Å². The lowest BCUT2D eigenvalue weighted by atomic mass is 10.3. The molecule has 112 valence electrons. The topological polar surface area (TPSA) is 36.2 Å². The van der Waals surface area contributed by atoms with Crippen molar-refractivity contribution in [1.29, 1.82) is 0 Å². The summed E-state index contributed by atoms with van der Waals surface area (Å²) in [5, 5.41) is 0. The van der Waals surface area contributed by atoms with Crippen LogP contribution in [0.15, 0.2) is 65.5 Å². The first-order valence-electron chi connectivity index (χ1n) is 7.32. The predicted octanol–water partition coefficient (Wildman–Crippen LogP) is 3.34. The van der Waals surface area contributed by atoms with E-state index in [0.717, 1.165) is 11.4 Å². The molecule has 1 heterocycles. The number of aromatic nitrogens is 2. The van der Waals surface area contributed by atoms with Crippen LogP contribution in [-0.2, 0) is 0 Å². The SMILES string of the molecule is CCOc1c(C)c(=O)n(-c2ccccc2)n1-c1ccccc1. The van der Waals surface area contributed by atoms with E-state index in [-0.39, 0.29) is 5.56 Å². The van der Waals surface area contributed by atoms with Crippen molar-refractivity contribution in [1.82, 2.24) is 9.36 Å². The zero-order chi connectivity index (χ0) is 15.5. The van der Waals surface area contributed by atoms with Gasteiger partial charge in [0.05, 0.1) is 23.5 Å². The number of hydrogen-bond donors (Lipinski definition) is 0. The fraction of sp³-hybridized carbons (Fsp3) is 0.167. The number of nitrogens with zero attached hydrogens (tertiary/aromatic N) is 2. The molecule has 3 aromatic rings. The van der Waals surface area contributed by atoms with Gasteiger partial charge in [0.2, 0.25) is 5.88 Å². The number of hydrogen-bond acceptors (Lipinski definition) is 2. The molecule has 0 saturated heterocycles. The van der Waals surface area contributed by atoms with E-state index in [0.29, 0.717) is 18.1 Å². The van der Waals surface area contributed by atoms with Crippen LogP contribution in [0.5, 0.6) is 5.88 Å². The molecule has 0 saturated carbocycles. The first-order valence-corrected chi connectivity index (χ1v) is 7.32. The fourth-order valence-electron chi connectivity index (χ4n) is 2.50. The largest absolute Gasteiger partial charge is 0.478 e. The maximum atomic E-state index is 12.7. The minimum Gasteiger partial charge on any atom is -0.478 e. The van der Waals surface area contributed by atoms with Crippen LogP contribution < -0.4 is 10.3 Å². The third-order valence-electron chi connectivity index (χ3n) is 3.51. The van der Waals surface area contributed by atoms with Gasteiger partial charge in [0.15, 0.2) is 0 Å². The Hall–Kier alpha value is -2.75. The Morgan fingerprint density at radius 3 is 1.86 bits per heavy atom. The van der Waals surface area contributed by atoms with Gasteiger partial charge in [0, 0.05) is 0 Å². The molecular weight excluding hydrogens is 276 g/mol. The lowest BCUT2D eigenvalue weighted by Crippen LogP contribution is -2.21. The molecule has 1 aromatic heterocycles. The van der Waals surface area contributed by atoms with Crippen LogP contribution in [0, 0.1) is 6.92 Å². The maximum absolute atomic E-state index is 12.7. The van der Waals surface area contributed by atoms with Gasteiger partial charge in [-0.1, -0.05) is 36.4 Å². The molecule has 0 radical (unpaired) electrons. The molecular formula is C18H18N2O2. The lowest BCUT2D eigenvalue weighted by Gasteiger charge is -2.15.